The van der Waals surface area contributed by atoms with Crippen LogP contribution in [0.3, 0.4) is 0 Å². The molecule has 2 aromatic rings. The van der Waals surface area contributed by atoms with Gasteiger partial charge in [0.1, 0.15) is 0 Å². The van der Waals surface area contributed by atoms with Crippen molar-refractivity contribution in [2.75, 3.05) is 6.61 Å². The summed E-state index contributed by atoms with van der Waals surface area (Å²) in [7, 11) is -2.38. The molecule has 0 unspecified atom stereocenters. The van der Waals surface area contributed by atoms with Crippen molar-refractivity contribution < 1.29 is 4.43 Å². The largest absolute Gasteiger partial charge is 0.407 e. The normalized spacial score (nSPS) is 13.6. The number of hydrogen-bond donors (Lipinski definition) is 0. The predicted molar refractivity (Wildman–Crippen MR) is 103 cm³/mol. The number of hydrogen-bond acceptors (Lipinski definition) is 1. The van der Waals surface area contributed by atoms with Gasteiger partial charge in [0, 0.05) is 6.61 Å². The van der Waals surface area contributed by atoms with Gasteiger partial charge in [0.2, 0.25) is 0 Å². The first-order chi connectivity index (χ1) is 10.9. The zero-order valence-corrected chi connectivity index (χ0v) is 15.8. The summed E-state index contributed by atoms with van der Waals surface area (Å²) < 4.78 is 6.79. The molecule has 2 aromatic carbocycles. The second-order valence-electron chi connectivity index (χ2n) is 7.19. The van der Waals surface area contributed by atoms with Gasteiger partial charge in [-0.15, -0.1) is 6.58 Å². The highest BCUT2D eigenvalue weighted by molar-refractivity contribution is 6.99. The van der Waals surface area contributed by atoms with Crippen LogP contribution in [0.25, 0.3) is 0 Å². The molecule has 0 radical (unpaired) electrons. The Labute approximate surface area is 142 Å². The Bertz CT molecular complexity index is 574. The third kappa shape index (κ3) is 3.65. The Morgan fingerprint density at radius 1 is 0.957 bits per heavy atom. The summed E-state index contributed by atoms with van der Waals surface area (Å²) in [5, 5.41) is 2.70. The Morgan fingerprint density at radius 3 is 1.74 bits per heavy atom. The molecule has 2 heteroatoms. The van der Waals surface area contributed by atoms with Crippen molar-refractivity contribution in [3.05, 3.63) is 73.3 Å². The zero-order chi connectivity index (χ0) is 16.9. The van der Waals surface area contributed by atoms with E-state index in [0.717, 1.165) is 0 Å². The molecule has 0 aliphatic carbocycles. The molecule has 0 bridgehead atoms. The first kappa shape index (κ1) is 17.7. The topological polar surface area (TPSA) is 9.23 Å². The summed E-state index contributed by atoms with van der Waals surface area (Å²) in [6.07, 6.45) is 1.97. The molecule has 1 atom stereocenters. The van der Waals surface area contributed by atoms with Gasteiger partial charge in [-0.25, -0.2) is 0 Å². The first-order valence-electron chi connectivity index (χ1n) is 8.29. The fourth-order valence-corrected chi connectivity index (χ4v) is 7.75. The average molecular weight is 325 g/mol. The number of rotatable bonds is 6. The van der Waals surface area contributed by atoms with Crippen LogP contribution in [0, 0.1) is 5.92 Å². The summed E-state index contributed by atoms with van der Waals surface area (Å²) in [4.78, 5) is 0. The zero-order valence-electron chi connectivity index (χ0n) is 14.8. The molecule has 0 saturated heterocycles. The molecule has 0 aliphatic rings. The Hall–Kier alpha value is -1.64. The Morgan fingerprint density at radius 2 is 1.39 bits per heavy atom. The molecular formula is C21H28OSi. The van der Waals surface area contributed by atoms with Gasteiger partial charge in [0.15, 0.2) is 0 Å². The van der Waals surface area contributed by atoms with Gasteiger partial charge in [-0.3, -0.25) is 0 Å². The maximum atomic E-state index is 6.79. The van der Waals surface area contributed by atoms with Crippen molar-refractivity contribution in [3.63, 3.8) is 0 Å². The van der Waals surface area contributed by atoms with Gasteiger partial charge in [-0.1, -0.05) is 94.4 Å². The van der Waals surface area contributed by atoms with Gasteiger partial charge >= 0.3 is 0 Å². The second-order valence-corrected chi connectivity index (χ2v) is 11.5. The summed E-state index contributed by atoms with van der Waals surface area (Å²) in [5.74, 6) is 0.344. The quantitative estimate of drug-likeness (QED) is 0.566. The minimum absolute atomic E-state index is 0.0383. The van der Waals surface area contributed by atoms with Crippen LogP contribution in [0.2, 0.25) is 5.04 Å². The van der Waals surface area contributed by atoms with E-state index in [0.29, 0.717) is 12.5 Å². The van der Waals surface area contributed by atoms with Crippen LogP contribution in [-0.2, 0) is 4.43 Å². The smallest absolute Gasteiger partial charge is 0.261 e. The molecule has 0 saturated carbocycles. The van der Waals surface area contributed by atoms with Crippen molar-refractivity contribution in [2.45, 2.75) is 32.7 Å². The Balaban J connectivity index is 2.62. The molecule has 0 spiro atoms. The van der Waals surface area contributed by atoms with Gasteiger partial charge in [0.05, 0.1) is 0 Å². The van der Waals surface area contributed by atoms with Crippen LogP contribution >= 0.6 is 0 Å². The lowest BCUT2D eigenvalue weighted by atomic mass is 10.2. The third-order valence-electron chi connectivity index (χ3n) is 4.38. The van der Waals surface area contributed by atoms with E-state index < -0.39 is 8.32 Å². The lowest BCUT2D eigenvalue weighted by Crippen LogP contribution is -2.66. The summed E-state index contributed by atoms with van der Waals surface area (Å²) in [6, 6.07) is 21.5. The van der Waals surface area contributed by atoms with Crippen LogP contribution in [0.4, 0.5) is 0 Å². The molecule has 23 heavy (non-hydrogen) atoms. The molecule has 0 fully saturated rings. The lowest BCUT2D eigenvalue weighted by molar-refractivity contribution is 0.268. The van der Waals surface area contributed by atoms with E-state index in [1.165, 1.54) is 10.4 Å². The fraction of sp³-hybridized carbons (Fsp3) is 0.333. The monoisotopic (exact) mass is 324 g/mol. The maximum absolute atomic E-state index is 6.79. The van der Waals surface area contributed by atoms with E-state index in [9.17, 15) is 0 Å². The van der Waals surface area contributed by atoms with Crippen LogP contribution in [0.5, 0.6) is 0 Å². The van der Waals surface area contributed by atoms with E-state index in [1.807, 2.05) is 6.08 Å². The minimum Gasteiger partial charge on any atom is -0.407 e. The van der Waals surface area contributed by atoms with Gasteiger partial charge in [-0.2, -0.15) is 0 Å². The number of benzene rings is 2. The fourth-order valence-electron chi connectivity index (χ4n) is 3.09. The minimum atomic E-state index is -2.38. The van der Waals surface area contributed by atoms with Crippen molar-refractivity contribution in [2.24, 2.45) is 5.92 Å². The summed E-state index contributed by atoms with van der Waals surface area (Å²) in [5.41, 5.74) is 0. The SMILES string of the molecule is C=C[C@H](C)CO[Si](c1ccccc1)(c1ccccc1)C(C)(C)C. The standard InChI is InChI=1S/C21H28OSi/c1-6-18(2)17-22-23(21(3,4)5,19-13-9-7-10-14-19)20-15-11-8-12-16-20/h6-16,18H,1,17H2,2-5H3/t18-/m0/s1. The van der Waals surface area contributed by atoms with Crippen LogP contribution in [-0.4, -0.2) is 14.9 Å². The van der Waals surface area contributed by atoms with Gasteiger partial charge < -0.3 is 4.43 Å². The molecule has 0 aliphatic heterocycles. The van der Waals surface area contributed by atoms with E-state index in [4.69, 9.17) is 4.43 Å². The highest BCUT2D eigenvalue weighted by atomic mass is 28.4. The maximum Gasteiger partial charge on any atom is 0.261 e. The molecule has 0 heterocycles. The summed E-state index contributed by atoms with van der Waals surface area (Å²) >= 11 is 0. The second kappa shape index (κ2) is 7.29. The first-order valence-corrected chi connectivity index (χ1v) is 10.2. The van der Waals surface area contributed by atoms with Crippen molar-refractivity contribution in [1.29, 1.82) is 0 Å². The molecule has 0 N–H and O–H groups in total. The highest BCUT2D eigenvalue weighted by Gasteiger charge is 2.50. The third-order valence-corrected chi connectivity index (χ3v) is 9.39. The Kier molecular flexibility index (Phi) is 5.61. The lowest BCUT2D eigenvalue weighted by Gasteiger charge is -2.43. The summed E-state index contributed by atoms with van der Waals surface area (Å²) in [6.45, 7) is 13.7. The molecular weight excluding hydrogens is 296 g/mol. The highest BCUT2D eigenvalue weighted by Crippen LogP contribution is 2.36. The van der Waals surface area contributed by atoms with Gasteiger partial charge in [-0.05, 0) is 21.3 Å². The molecule has 1 nitrogen and oxygen atoms in total. The van der Waals surface area contributed by atoms with Crippen molar-refractivity contribution >= 4 is 18.7 Å². The molecule has 122 valence electrons. The van der Waals surface area contributed by atoms with Crippen molar-refractivity contribution in [1.82, 2.24) is 0 Å². The molecule has 0 amide bonds. The predicted octanol–water partition coefficient (Wildman–Crippen LogP) is 4.39. The van der Waals surface area contributed by atoms with E-state index in [-0.39, 0.29) is 5.04 Å². The van der Waals surface area contributed by atoms with Crippen LogP contribution in [0.1, 0.15) is 27.7 Å². The van der Waals surface area contributed by atoms with E-state index >= 15 is 0 Å². The van der Waals surface area contributed by atoms with Crippen LogP contribution in [0.15, 0.2) is 73.3 Å². The molecule has 2 rings (SSSR count). The van der Waals surface area contributed by atoms with Crippen LogP contribution < -0.4 is 10.4 Å². The van der Waals surface area contributed by atoms with E-state index in [1.54, 1.807) is 0 Å². The average Bonchev–Trinajstić information content (AvgIpc) is 2.56. The van der Waals surface area contributed by atoms with Gasteiger partial charge in [0.25, 0.3) is 8.32 Å². The molecule has 0 aromatic heterocycles. The van der Waals surface area contributed by atoms with Crippen molar-refractivity contribution in [3.8, 4) is 0 Å². The van der Waals surface area contributed by atoms with E-state index in [2.05, 4.69) is 94.9 Å².